The van der Waals surface area contributed by atoms with E-state index in [9.17, 15) is 4.79 Å². The number of amides is 1. The zero-order chi connectivity index (χ0) is 24.6. The third kappa shape index (κ3) is 7.29. The first-order valence-corrected chi connectivity index (χ1v) is 12.5. The summed E-state index contributed by atoms with van der Waals surface area (Å²) in [6.45, 7) is 7.75. The van der Waals surface area contributed by atoms with Crippen molar-refractivity contribution >= 4 is 29.1 Å². The van der Waals surface area contributed by atoms with Gasteiger partial charge in [-0.05, 0) is 30.2 Å². The number of halogens is 2. The predicted molar refractivity (Wildman–Crippen MR) is 137 cm³/mol. The molecule has 1 aliphatic heterocycles. The fraction of sp³-hybridized carbons (Fsp3) is 0.385. The number of nitrogens with zero attached hydrogens (tertiary/aromatic N) is 3. The molecule has 3 aromatic rings. The average molecular weight is 517 g/mol. The van der Waals surface area contributed by atoms with Crippen LogP contribution in [0.15, 0.2) is 59.2 Å². The van der Waals surface area contributed by atoms with E-state index in [-0.39, 0.29) is 17.6 Å². The second-order valence-electron chi connectivity index (χ2n) is 8.58. The number of ether oxygens (including phenoxy) is 1. The summed E-state index contributed by atoms with van der Waals surface area (Å²) in [5.74, 6) is 0.242. The van der Waals surface area contributed by atoms with Gasteiger partial charge in [0.25, 0.3) is 5.91 Å². The molecule has 0 spiro atoms. The van der Waals surface area contributed by atoms with Crippen LogP contribution in [0.3, 0.4) is 0 Å². The second-order valence-corrected chi connectivity index (χ2v) is 9.39. The Morgan fingerprint density at radius 3 is 2.63 bits per heavy atom. The van der Waals surface area contributed by atoms with Gasteiger partial charge in [-0.3, -0.25) is 14.6 Å². The summed E-state index contributed by atoms with van der Waals surface area (Å²) < 4.78 is 11.0. The van der Waals surface area contributed by atoms with Crippen molar-refractivity contribution in [2.24, 2.45) is 0 Å². The lowest BCUT2D eigenvalue weighted by molar-refractivity contribution is 0.0383. The van der Waals surface area contributed by atoms with E-state index in [2.05, 4.69) is 39.2 Å². The van der Waals surface area contributed by atoms with Crippen molar-refractivity contribution in [2.75, 3.05) is 39.4 Å². The minimum Gasteiger partial charge on any atom is -0.447 e. The van der Waals surface area contributed by atoms with E-state index in [1.807, 2.05) is 30.3 Å². The first-order chi connectivity index (χ1) is 17.0. The van der Waals surface area contributed by atoms with Crippen LogP contribution in [-0.2, 0) is 17.8 Å². The van der Waals surface area contributed by atoms with Gasteiger partial charge in [-0.25, -0.2) is 4.98 Å². The molecule has 2 heterocycles. The summed E-state index contributed by atoms with van der Waals surface area (Å²) in [7, 11) is 0. The van der Waals surface area contributed by atoms with Crippen molar-refractivity contribution in [1.29, 1.82) is 0 Å². The van der Waals surface area contributed by atoms with Gasteiger partial charge in [0.2, 0.25) is 5.89 Å². The molecule has 0 radical (unpaired) electrons. The molecule has 1 atom stereocenters. The van der Waals surface area contributed by atoms with Crippen LogP contribution in [0, 0.1) is 0 Å². The van der Waals surface area contributed by atoms with Crippen LogP contribution in [0.1, 0.15) is 40.5 Å². The number of hydrogen-bond donors (Lipinski definition) is 1. The molecule has 186 valence electrons. The molecule has 0 saturated carbocycles. The van der Waals surface area contributed by atoms with Crippen molar-refractivity contribution in [3.8, 4) is 0 Å². The van der Waals surface area contributed by atoms with Crippen LogP contribution in [-0.4, -0.2) is 60.1 Å². The Morgan fingerprint density at radius 2 is 1.89 bits per heavy atom. The Bertz CT molecular complexity index is 1100. The highest BCUT2D eigenvalue weighted by Crippen LogP contribution is 2.27. The van der Waals surface area contributed by atoms with Gasteiger partial charge in [0.1, 0.15) is 6.26 Å². The van der Waals surface area contributed by atoms with Gasteiger partial charge in [0.15, 0.2) is 5.69 Å². The molecule has 1 saturated heterocycles. The zero-order valence-electron chi connectivity index (χ0n) is 19.8. The Labute approximate surface area is 216 Å². The maximum atomic E-state index is 12.6. The lowest BCUT2D eigenvalue weighted by atomic mass is 10.1. The van der Waals surface area contributed by atoms with Crippen LogP contribution in [0.4, 0.5) is 0 Å². The number of rotatable bonds is 10. The van der Waals surface area contributed by atoms with Crippen LogP contribution < -0.4 is 5.32 Å². The number of oxazole rings is 1. The Kier molecular flexibility index (Phi) is 9.18. The van der Waals surface area contributed by atoms with Crippen LogP contribution in [0.2, 0.25) is 10.0 Å². The van der Waals surface area contributed by atoms with Gasteiger partial charge < -0.3 is 14.5 Å². The molecule has 1 aliphatic rings. The summed E-state index contributed by atoms with van der Waals surface area (Å²) in [4.78, 5) is 21.5. The molecule has 35 heavy (non-hydrogen) atoms. The highest BCUT2D eigenvalue weighted by Gasteiger charge is 2.21. The van der Waals surface area contributed by atoms with Crippen molar-refractivity contribution in [1.82, 2.24) is 20.1 Å². The fourth-order valence-corrected chi connectivity index (χ4v) is 4.37. The third-order valence-electron chi connectivity index (χ3n) is 6.14. The smallest absolute Gasteiger partial charge is 0.273 e. The summed E-state index contributed by atoms with van der Waals surface area (Å²) in [6, 6.07) is 15.9. The van der Waals surface area contributed by atoms with E-state index in [1.165, 1.54) is 11.8 Å². The molecular formula is C26H30Cl2N4O3. The molecule has 7 nitrogen and oxygen atoms in total. The van der Waals surface area contributed by atoms with Crippen molar-refractivity contribution in [3.05, 3.63) is 87.6 Å². The number of morpholine rings is 1. The molecule has 4 rings (SSSR count). The van der Waals surface area contributed by atoms with E-state index in [0.29, 0.717) is 35.6 Å². The highest BCUT2D eigenvalue weighted by atomic mass is 35.5. The molecule has 9 heteroatoms. The molecule has 0 bridgehead atoms. The standard InChI is InChI=1S/C26H30Cl2N4O3/c1-19(21-5-3-2-4-6-21)32(16-20-7-8-22(27)23(28)15-20)17-25-30-24(18-35-25)26(33)29-9-10-31-11-13-34-14-12-31/h2-8,15,18-19H,9-14,16-17H2,1H3,(H,29,33)/t19-/m0/s1. The fourth-order valence-electron chi connectivity index (χ4n) is 4.05. The topological polar surface area (TPSA) is 70.8 Å². The number of benzene rings is 2. The minimum atomic E-state index is -0.236. The molecule has 0 aliphatic carbocycles. The van der Waals surface area contributed by atoms with E-state index in [0.717, 1.165) is 38.4 Å². The maximum absolute atomic E-state index is 12.6. The molecule has 1 aromatic heterocycles. The van der Waals surface area contributed by atoms with Crippen LogP contribution >= 0.6 is 23.2 Å². The Balaban J connectivity index is 1.41. The number of nitrogens with one attached hydrogen (secondary N) is 1. The maximum Gasteiger partial charge on any atom is 0.273 e. The first-order valence-electron chi connectivity index (χ1n) is 11.7. The molecular weight excluding hydrogens is 487 g/mol. The first kappa shape index (κ1) is 25.7. The van der Waals surface area contributed by atoms with Crippen molar-refractivity contribution < 1.29 is 13.9 Å². The Morgan fingerprint density at radius 1 is 1.11 bits per heavy atom. The lowest BCUT2D eigenvalue weighted by Crippen LogP contribution is -2.41. The van der Waals surface area contributed by atoms with Gasteiger partial charge in [-0.1, -0.05) is 59.6 Å². The lowest BCUT2D eigenvalue weighted by Gasteiger charge is -2.28. The van der Waals surface area contributed by atoms with Crippen molar-refractivity contribution in [3.63, 3.8) is 0 Å². The molecule has 1 N–H and O–H groups in total. The van der Waals surface area contributed by atoms with E-state index < -0.39 is 0 Å². The van der Waals surface area contributed by atoms with E-state index in [4.69, 9.17) is 32.4 Å². The predicted octanol–water partition coefficient (Wildman–Crippen LogP) is 4.81. The third-order valence-corrected chi connectivity index (χ3v) is 6.88. The second kappa shape index (κ2) is 12.5. The average Bonchev–Trinajstić information content (AvgIpc) is 3.35. The zero-order valence-corrected chi connectivity index (χ0v) is 21.3. The van der Waals surface area contributed by atoms with E-state index >= 15 is 0 Å². The van der Waals surface area contributed by atoms with Gasteiger partial charge in [0, 0.05) is 38.8 Å². The summed E-state index contributed by atoms with van der Waals surface area (Å²) in [5.41, 5.74) is 2.47. The SMILES string of the molecule is C[C@@H](c1ccccc1)N(Cc1ccc(Cl)c(Cl)c1)Cc1nc(C(=O)NCCN2CCOCC2)co1. The molecule has 1 amide bonds. The quantitative estimate of drug-likeness (QED) is 0.417. The summed E-state index contributed by atoms with van der Waals surface area (Å²) in [6.07, 6.45) is 1.42. The monoisotopic (exact) mass is 516 g/mol. The van der Waals surface area contributed by atoms with Gasteiger partial charge in [-0.2, -0.15) is 0 Å². The van der Waals surface area contributed by atoms with Gasteiger partial charge in [0.05, 0.1) is 29.8 Å². The summed E-state index contributed by atoms with van der Waals surface area (Å²) in [5, 5.41) is 3.97. The normalized spacial score (nSPS) is 15.3. The molecule has 2 aromatic carbocycles. The van der Waals surface area contributed by atoms with Gasteiger partial charge >= 0.3 is 0 Å². The van der Waals surface area contributed by atoms with E-state index in [1.54, 1.807) is 6.07 Å². The molecule has 1 fully saturated rings. The number of hydrogen-bond acceptors (Lipinski definition) is 6. The van der Waals surface area contributed by atoms with Gasteiger partial charge in [-0.15, -0.1) is 0 Å². The Hall–Kier alpha value is -2.42. The number of carbonyl (C=O) groups is 1. The summed E-state index contributed by atoms with van der Waals surface area (Å²) >= 11 is 12.3. The van der Waals surface area contributed by atoms with Crippen LogP contribution in [0.25, 0.3) is 0 Å². The minimum absolute atomic E-state index is 0.0725. The molecule has 0 unspecified atom stereocenters. The van der Waals surface area contributed by atoms with Crippen LogP contribution in [0.5, 0.6) is 0 Å². The van der Waals surface area contributed by atoms with Crippen molar-refractivity contribution in [2.45, 2.75) is 26.1 Å². The largest absolute Gasteiger partial charge is 0.447 e. The number of aromatic nitrogens is 1. The highest BCUT2D eigenvalue weighted by molar-refractivity contribution is 6.42. The number of carbonyl (C=O) groups excluding carboxylic acids is 1.